The Morgan fingerprint density at radius 3 is 2.76 bits per heavy atom. The summed E-state index contributed by atoms with van der Waals surface area (Å²) in [7, 11) is 0. The van der Waals surface area contributed by atoms with E-state index in [1.165, 1.54) is 18.2 Å². The average molecular weight is 555 g/mol. The van der Waals surface area contributed by atoms with Crippen LogP contribution in [-0.2, 0) is 15.3 Å². The maximum atomic E-state index is 13.6. The van der Waals surface area contributed by atoms with Gasteiger partial charge in [0.25, 0.3) is 0 Å². The summed E-state index contributed by atoms with van der Waals surface area (Å²) in [5, 5.41) is 19.6. The number of carbonyl (C=O) groups excluding carboxylic acids is 1. The lowest BCUT2D eigenvalue weighted by Crippen LogP contribution is -2.32. The number of nitrogens with zero attached hydrogens (tertiary/aromatic N) is 3. The third-order valence-corrected chi connectivity index (χ3v) is 8.05. The van der Waals surface area contributed by atoms with Gasteiger partial charge in [0.05, 0.1) is 12.2 Å². The number of aromatic nitrogens is 3. The molecule has 5 rings (SSSR count). The van der Waals surface area contributed by atoms with Crippen molar-refractivity contribution < 1.29 is 19.4 Å². The maximum Gasteiger partial charge on any atom is 0.338 e. The van der Waals surface area contributed by atoms with Crippen LogP contribution in [0.1, 0.15) is 63.1 Å². The SMILES string of the molecule is CCOc1cc(C2C(C(=O)OC3CCCCC3)=C(C)Nc3nc(SCc4ccccc4Cl)nn32)ccc1O. The number of hydrogen-bond acceptors (Lipinski definition) is 8. The van der Waals surface area contributed by atoms with E-state index >= 15 is 0 Å². The summed E-state index contributed by atoms with van der Waals surface area (Å²) in [5.74, 6) is 1.13. The first-order valence-corrected chi connectivity index (χ1v) is 14.3. The predicted octanol–water partition coefficient (Wildman–Crippen LogP) is 6.49. The molecule has 1 atom stereocenters. The molecular formula is C28H31ClN4O4S. The van der Waals surface area contributed by atoms with Crippen molar-refractivity contribution in [2.75, 3.05) is 11.9 Å². The van der Waals surface area contributed by atoms with Gasteiger partial charge in [0.15, 0.2) is 11.5 Å². The molecule has 200 valence electrons. The van der Waals surface area contributed by atoms with E-state index in [0.717, 1.165) is 36.8 Å². The van der Waals surface area contributed by atoms with Crippen LogP contribution in [0.15, 0.2) is 58.9 Å². The fraction of sp³-hybridized carbons (Fsp3) is 0.393. The van der Waals surface area contributed by atoms with Crippen molar-refractivity contribution in [3.8, 4) is 11.5 Å². The molecule has 2 heterocycles. The van der Waals surface area contributed by atoms with E-state index in [1.807, 2.05) is 38.1 Å². The fourth-order valence-electron chi connectivity index (χ4n) is 4.89. The zero-order valence-electron chi connectivity index (χ0n) is 21.4. The Morgan fingerprint density at radius 1 is 1.21 bits per heavy atom. The highest BCUT2D eigenvalue weighted by Gasteiger charge is 2.36. The minimum Gasteiger partial charge on any atom is -0.504 e. The van der Waals surface area contributed by atoms with Gasteiger partial charge in [0.1, 0.15) is 12.1 Å². The molecule has 0 spiro atoms. The van der Waals surface area contributed by atoms with Crippen LogP contribution < -0.4 is 10.1 Å². The lowest BCUT2D eigenvalue weighted by molar-refractivity contribution is -0.146. The zero-order valence-corrected chi connectivity index (χ0v) is 23.0. The molecule has 1 aromatic heterocycles. The first-order valence-electron chi connectivity index (χ1n) is 12.9. The highest BCUT2D eigenvalue weighted by Crippen LogP contribution is 2.40. The molecule has 1 aliphatic carbocycles. The third-order valence-electron chi connectivity index (χ3n) is 6.79. The van der Waals surface area contributed by atoms with Crippen molar-refractivity contribution in [1.82, 2.24) is 14.8 Å². The molecule has 1 fully saturated rings. The van der Waals surface area contributed by atoms with Crippen LogP contribution in [-0.4, -0.2) is 38.6 Å². The van der Waals surface area contributed by atoms with Crippen LogP contribution in [0.4, 0.5) is 5.95 Å². The lowest BCUT2D eigenvalue weighted by Gasteiger charge is -2.30. The number of halogens is 1. The van der Waals surface area contributed by atoms with Gasteiger partial charge in [-0.25, -0.2) is 9.48 Å². The molecule has 2 N–H and O–H groups in total. The first-order chi connectivity index (χ1) is 18.4. The molecule has 0 saturated heterocycles. The third kappa shape index (κ3) is 5.63. The van der Waals surface area contributed by atoms with Crippen molar-refractivity contribution in [3.05, 3.63) is 69.9 Å². The Hall–Kier alpha value is -3.17. The number of esters is 1. The second-order valence-electron chi connectivity index (χ2n) is 9.43. The Morgan fingerprint density at radius 2 is 2.00 bits per heavy atom. The molecule has 38 heavy (non-hydrogen) atoms. The van der Waals surface area contributed by atoms with Gasteiger partial charge in [-0.3, -0.25) is 0 Å². The largest absolute Gasteiger partial charge is 0.504 e. The van der Waals surface area contributed by atoms with Gasteiger partial charge in [0.2, 0.25) is 11.1 Å². The van der Waals surface area contributed by atoms with Crippen LogP contribution in [0.25, 0.3) is 0 Å². The van der Waals surface area contributed by atoms with Crippen molar-refractivity contribution >= 4 is 35.3 Å². The Kier molecular flexibility index (Phi) is 8.14. The summed E-state index contributed by atoms with van der Waals surface area (Å²) in [6, 6.07) is 12.2. The Bertz CT molecular complexity index is 1350. The number of thioether (sulfide) groups is 1. The van der Waals surface area contributed by atoms with Crippen molar-refractivity contribution in [2.24, 2.45) is 0 Å². The monoisotopic (exact) mass is 554 g/mol. The molecule has 0 radical (unpaired) electrons. The van der Waals surface area contributed by atoms with E-state index in [4.69, 9.17) is 31.2 Å². The molecule has 2 aliphatic rings. The average Bonchev–Trinajstić information content (AvgIpc) is 3.31. The van der Waals surface area contributed by atoms with Crippen molar-refractivity contribution in [1.29, 1.82) is 0 Å². The van der Waals surface area contributed by atoms with Crippen LogP contribution in [0, 0.1) is 0 Å². The van der Waals surface area contributed by atoms with E-state index in [-0.39, 0.29) is 17.8 Å². The number of anilines is 1. The molecular weight excluding hydrogens is 524 g/mol. The van der Waals surface area contributed by atoms with E-state index < -0.39 is 6.04 Å². The molecule has 1 aliphatic heterocycles. The number of nitrogens with one attached hydrogen (secondary N) is 1. The van der Waals surface area contributed by atoms with Gasteiger partial charge >= 0.3 is 5.97 Å². The van der Waals surface area contributed by atoms with Crippen molar-refractivity contribution in [2.45, 2.75) is 69.0 Å². The second kappa shape index (κ2) is 11.7. The summed E-state index contributed by atoms with van der Waals surface area (Å²) in [6.45, 7) is 4.10. The number of aromatic hydroxyl groups is 1. The minimum atomic E-state index is -0.607. The number of allylic oxidation sites excluding steroid dienone is 1. The Labute approximate surface area is 231 Å². The number of ether oxygens (including phenoxy) is 2. The van der Waals surface area contributed by atoms with Gasteiger partial charge in [-0.2, -0.15) is 4.98 Å². The summed E-state index contributed by atoms with van der Waals surface area (Å²) in [5.41, 5.74) is 2.84. The highest BCUT2D eigenvalue weighted by atomic mass is 35.5. The number of phenolic OH excluding ortho intramolecular Hbond substituents is 1. The normalized spacial score (nSPS) is 17.6. The minimum absolute atomic E-state index is 0.0337. The fourth-order valence-corrected chi connectivity index (χ4v) is 6.01. The first kappa shape index (κ1) is 26.4. The Balaban J connectivity index is 1.50. The predicted molar refractivity (Wildman–Crippen MR) is 148 cm³/mol. The zero-order chi connectivity index (χ0) is 26.6. The number of rotatable bonds is 8. The molecule has 0 bridgehead atoms. The van der Waals surface area contributed by atoms with Crippen LogP contribution >= 0.6 is 23.4 Å². The summed E-state index contributed by atoms with van der Waals surface area (Å²) >= 11 is 7.80. The number of phenols is 1. The molecule has 2 aromatic carbocycles. The van der Waals surface area contributed by atoms with Crippen LogP contribution in [0.3, 0.4) is 0 Å². The van der Waals surface area contributed by atoms with Gasteiger partial charge in [-0.1, -0.05) is 54.0 Å². The summed E-state index contributed by atoms with van der Waals surface area (Å²) in [4.78, 5) is 18.3. The molecule has 3 aromatic rings. The van der Waals surface area contributed by atoms with Gasteiger partial charge in [-0.05, 0) is 68.9 Å². The molecule has 0 amide bonds. The quantitative estimate of drug-likeness (QED) is 0.241. The molecule has 1 unspecified atom stereocenters. The maximum absolute atomic E-state index is 13.6. The van der Waals surface area contributed by atoms with Gasteiger partial charge in [-0.15, -0.1) is 5.10 Å². The number of benzene rings is 2. The summed E-state index contributed by atoms with van der Waals surface area (Å²) in [6.07, 6.45) is 4.96. The smallest absolute Gasteiger partial charge is 0.338 e. The highest BCUT2D eigenvalue weighted by molar-refractivity contribution is 7.98. The van der Waals surface area contributed by atoms with E-state index in [1.54, 1.807) is 22.9 Å². The lowest BCUT2D eigenvalue weighted by atomic mass is 9.94. The van der Waals surface area contributed by atoms with Crippen LogP contribution in [0.5, 0.6) is 11.5 Å². The number of fused-ring (bicyclic) bond motifs is 1. The molecule has 10 heteroatoms. The summed E-state index contributed by atoms with van der Waals surface area (Å²) < 4.78 is 13.4. The number of hydrogen-bond donors (Lipinski definition) is 2. The van der Waals surface area contributed by atoms with Gasteiger partial charge < -0.3 is 19.9 Å². The van der Waals surface area contributed by atoms with Crippen LogP contribution in [0.2, 0.25) is 5.02 Å². The van der Waals surface area contributed by atoms with Gasteiger partial charge in [0, 0.05) is 16.5 Å². The topological polar surface area (TPSA) is 98.5 Å². The second-order valence-corrected chi connectivity index (χ2v) is 10.8. The molecule has 8 nitrogen and oxygen atoms in total. The van der Waals surface area contributed by atoms with Crippen molar-refractivity contribution in [3.63, 3.8) is 0 Å². The van der Waals surface area contributed by atoms with E-state index in [2.05, 4.69) is 5.32 Å². The van der Waals surface area contributed by atoms with E-state index in [0.29, 0.717) is 45.5 Å². The number of carbonyl (C=O) groups is 1. The standard InChI is InChI=1S/C28H31ClN4O4S/c1-3-36-23-15-18(13-14-22(23)34)25-24(26(35)37-20-10-5-4-6-11-20)17(2)30-27-31-28(32-33(25)27)38-16-19-9-7-8-12-21(19)29/h7-9,12-15,20,25,34H,3-6,10-11,16H2,1-2H3,(H,30,31,32). The molecule has 1 saturated carbocycles. The van der Waals surface area contributed by atoms with E-state index in [9.17, 15) is 9.90 Å².